The van der Waals surface area contributed by atoms with Crippen molar-refractivity contribution in [3.8, 4) is 0 Å². The normalized spacial score (nSPS) is 15.8. The van der Waals surface area contributed by atoms with Crippen LogP contribution >= 0.6 is 0 Å². The van der Waals surface area contributed by atoms with Crippen LogP contribution in [0, 0.1) is 0 Å². The molecule has 0 atom stereocenters. The van der Waals surface area contributed by atoms with Crippen LogP contribution < -0.4 is 21.5 Å². The number of fused-ring (bicyclic) bond motifs is 3. The first-order valence-electron chi connectivity index (χ1n) is 11.4. The van der Waals surface area contributed by atoms with E-state index in [0.717, 1.165) is 58.9 Å². The van der Waals surface area contributed by atoms with Crippen LogP contribution in [-0.2, 0) is 0 Å². The third-order valence-corrected chi connectivity index (χ3v) is 6.05. The number of nitrogens with one attached hydrogen (secondary N) is 4. The summed E-state index contributed by atoms with van der Waals surface area (Å²) < 4.78 is 0. The molecule has 0 amide bonds. The van der Waals surface area contributed by atoms with E-state index in [1.165, 1.54) is 10.8 Å². The summed E-state index contributed by atoms with van der Waals surface area (Å²) in [7, 11) is 0. The molecule has 4 aromatic carbocycles. The van der Waals surface area contributed by atoms with Gasteiger partial charge in [0.1, 0.15) is 0 Å². The number of hydrazone groups is 2. The molecule has 34 heavy (non-hydrogen) atoms. The zero-order chi connectivity index (χ0) is 22.7. The van der Waals surface area contributed by atoms with Crippen LogP contribution in [0.25, 0.3) is 32.3 Å². The second kappa shape index (κ2) is 8.82. The Kier molecular flexibility index (Phi) is 5.23. The Morgan fingerprint density at radius 1 is 0.647 bits per heavy atom. The number of guanidine groups is 2. The summed E-state index contributed by atoms with van der Waals surface area (Å²) >= 11 is 0. The number of benzene rings is 4. The van der Waals surface area contributed by atoms with Gasteiger partial charge in [-0.25, -0.2) is 20.8 Å². The van der Waals surface area contributed by atoms with Crippen molar-refractivity contribution >= 4 is 56.7 Å². The highest BCUT2D eigenvalue weighted by molar-refractivity contribution is 6.23. The van der Waals surface area contributed by atoms with Crippen LogP contribution in [0.1, 0.15) is 11.1 Å². The molecule has 0 saturated carbocycles. The quantitative estimate of drug-likeness (QED) is 0.219. The maximum absolute atomic E-state index is 4.51. The molecule has 8 nitrogen and oxygen atoms in total. The summed E-state index contributed by atoms with van der Waals surface area (Å²) in [6, 6.07) is 21.2. The van der Waals surface area contributed by atoms with Crippen LogP contribution in [0.2, 0.25) is 0 Å². The summed E-state index contributed by atoms with van der Waals surface area (Å²) in [5.74, 6) is 1.40. The smallest absolute Gasteiger partial charge is 0.212 e. The molecule has 0 saturated heterocycles. The lowest BCUT2D eigenvalue weighted by Gasteiger charge is -2.14. The molecular formula is C26H24N8. The standard InChI is InChI=1S/C26H24N8/c1-2-6-18-14-22-21(13-17(18)5-1)23(15-31-33-25-27-9-10-28-25)19-7-3-4-8-20(19)24(22)16-32-34-26-29-11-12-30-26/h1-8,13-16H,9-12H2,(H2,27,28,33)(H2,29,30,34)/b31-15+,32-16+. The number of rotatable bonds is 4. The maximum atomic E-state index is 4.51. The summed E-state index contributed by atoms with van der Waals surface area (Å²) in [6.07, 6.45) is 3.77. The average Bonchev–Trinajstić information content (AvgIpc) is 3.59. The molecule has 168 valence electrons. The van der Waals surface area contributed by atoms with Crippen molar-refractivity contribution in [2.24, 2.45) is 20.2 Å². The van der Waals surface area contributed by atoms with Crippen LogP contribution in [-0.4, -0.2) is 50.5 Å². The lowest BCUT2D eigenvalue weighted by molar-refractivity contribution is 0.920. The van der Waals surface area contributed by atoms with Gasteiger partial charge in [0.15, 0.2) is 0 Å². The van der Waals surface area contributed by atoms with E-state index in [0.29, 0.717) is 11.9 Å². The van der Waals surface area contributed by atoms with Gasteiger partial charge in [0.25, 0.3) is 0 Å². The van der Waals surface area contributed by atoms with Crippen molar-refractivity contribution in [2.45, 2.75) is 0 Å². The van der Waals surface area contributed by atoms with Crippen molar-refractivity contribution in [2.75, 3.05) is 26.2 Å². The fraction of sp³-hybridized carbons (Fsp3) is 0.154. The molecule has 8 heteroatoms. The van der Waals surface area contributed by atoms with Gasteiger partial charge in [0, 0.05) is 24.2 Å². The summed E-state index contributed by atoms with van der Waals surface area (Å²) in [5, 5.41) is 22.2. The van der Waals surface area contributed by atoms with Crippen molar-refractivity contribution < 1.29 is 0 Å². The highest BCUT2D eigenvalue weighted by Crippen LogP contribution is 2.34. The molecule has 0 fully saturated rings. The minimum atomic E-state index is 0.702. The second-order valence-corrected chi connectivity index (χ2v) is 8.17. The fourth-order valence-corrected chi connectivity index (χ4v) is 4.47. The van der Waals surface area contributed by atoms with Gasteiger partial charge >= 0.3 is 0 Å². The first kappa shape index (κ1) is 20.2. The van der Waals surface area contributed by atoms with Gasteiger partial charge in [0.05, 0.1) is 25.5 Å². The second-order valence-electron chi connectivity index (χ2n) is 8.17. The van der Waals surface area contributed by atoms with E-state index < -0.39 is 0 Å². The first-order chi connectivity index (χ1) is 16.9. The van der Waals surface area contributed by atoms with Crippen LogP contribution in [0.15, 0.2) is 80.9 Å². The molecule has 0 unspecified atom stereocenters. The first-order valence-corrected chi connectivity index (χ1v) is 11.4. The van der Waals surface area contributed by atoms with Crippen molar-refractivity contribution in [1.29, 1.82) is 0 Å². The zero-order valence-corrected chi connectivity index (χ0v) is 18.5. The monoisotopic (exact) mass is 448 g/mol. The van der Waals surface area contributed by atoms with Crippen LogP contribution in [0.3, 0.4) is 0 Å². The van der Waals surface area contributed by atoms with Gasteiger partial charge in [0.2, 0.25) is 11.9 Å². The van der Waals surface area contributed by atoms with Crippen LogP contribution in [0.5, 0.6) is 0 Å². The molecule has 0 aliphatic carbocycles. The van der Waals surface area contributed by atoms with E-state index in [4.69, 9.17) is 0 Å². The van der Waals surface area contributed by atoms with Gasteiger partial charge in [-0.05, 0) is 44.5 Å². The molecule has 0 spiro atoms. The Morgan fingerprint density at radius 2 is 1.12 bits per heavy atom. The summed E-state index contributed by atoms with van der Waals surface area (Å²) in [5.41, 5.74) is 8.16. The molecule has 4 N–H and O–H groups in total. The minimum Gasteiger partial charge on any atom is -0.353 e. The maximum Gasteiger partial charge on any atom is 0.212 e. The molecule has 0 bridgehead atoms. The predicted octanol–water partition coefficient (Wildman–Crippen LogP) is 2.91. The van der Waals surface area contributed by atoms with Gasteiger partial charge in [-0.1, -0.05) is 48.5 Å². The fourth-order valence-electron chi connectivity index (χ4n) is 4.47. The largest absolute Gasteiger partial charge is 0.353 e. The number of aliphatic imine (C=N–C) groups is 2. The molecule has 0 radical (unpaired) electrons. The van der Waals surface area contributed by atoms with E-state index in [-0.39, 0.29) is 0 Å². The van der Waals surface area contributed by atoms with E-state index in [2.05, 4.69) is 102 Å². The lowest BCUT2D eigenvalue weighted by atomic mass is 9.90. The molecule has 2 heterocycles. The molecule has 4 aromatic rings. The molecule has 6 rings (SSSR count). The Morgan fingerprint density at radius 3 is 1.56 bits per heavy atom. The van der Waals surface area contributed by atoms with Crippen molar-refractivity contribution in [3.05, 3.63) is 71.8 Å². The van der Waals surface area contributed by atoms with Crippen molar-refractivity contribution in [1.82, 2.24) is 21.5 Å². The van der Waals surface area contributed by atoms with Crippen molar-refractivity contribution in [3.63, 3.8) is 0 Å². The molecular weight excluding hydrogens is 424 g/mol. The van der Waals surface area contributed by atoms with Gasteiger partial charge in [-0.3, -0.25) is 0 Å². The van der Waals surface area contributed by atoms with Gasteiger partial charge in [-0.2, -0.15) is 10.2 Å². The van der Waals surface area contributed by atoms with Gasteiger partial charge in [-0.15, -0.1) is 0 Å². The Labute approximate surface area is 196 Å². The third-order valence-electron chi connectivity index (χ3n) is 6.05. The van der Waals surface area contributed by atoms with E-state index in [9.17, 15) is 0 Å². The summed E-state index contributed by atoms with van der Waals surface area (Å²) in [4.78, 5) is 8.71. The van der Waals surface area contributed by atoms with E-state index in [1.54, 1.807) is 0 Å². The Hall–Kier alpha value is -4.46. The number of hydrogen-bond acceptors (Lipinski definition) is 8. The Bertz CT molecular complexity index is 1400. The van der Waals surface area contributed by atoms with Crippen LogP contribution in [0.4, 0.5) is 0 Å². The third kappa shape index (κ3) is 3.79. The van der Waals surface area contributed by atoms with E-state index in [1.807, 2.05) is 12.4 Å². The Balaban J connectivity index is 1.54. The topological polar surface area (TPSA) is 97.6 Å². The predicted molar refractivity (Wildman–Crippen MR) is 141 cm³/mol. The number of hydrogen-bond donors (Lipinski definition) is 4. The highest BCUT2D eigenvalue weighted by Gasteiger charge is 2.13. The molecule has 2 aliphatic heterocycles. The minimum absolute atomic E-state index is 0.702. The molecule has 2 aliphatic rings. The zero-order valence-electron chi connectivity index (χ0n) is 18.5. The number of nitrogens with zero attached hydrogens (tertiary/aromatic N) is 4. The lowest BCUT2D eigenvalue weighted by Crippen LogP contribution is -2.30. The van der Waals surface area contributed by atoms with Gasteiger partial charge < -0.3 is 10.6 Å². The van der Waals surface area contributed by atoms with E-state index >= 15 is 0 Å². The molecule has 0 aromatic heterocycles. The summed E-state index contributed by atoms with van der Waals surface area (Å²) in [6.45, 7) is 3.19. The highest BCUT2D eigenvalue weighted by atomic mass is 15.4. The SMILES string of the molecule is C(=N\NC1=NCCN1)/c1c2ccccc2c(/C=N/NC2=NCCN2)c2cc3ccccc3cc12. The average molecular weight is 449 g/mol.